The van der Waals surface area contributed by atoms with Crippen molar-refractivity contribution in [3.8, 4) is 17.0 Å². The molecule has 0 radical (unpaired) electrons. The second kappa shape index (κ2) is 3.51. The van der Waals surface area contributed by atoms with Crippen LogP contribution in [0.15, 0.2) is 24.5 Å². The fourth-order valence-electron chi connectivity index (χ4n) is 2.45. The highest BCUT2D eigenvalue weighted by atomic mass is 16.5. The first kappa shape index (κ1) is 11.1. The van der Waals surface area contributed by atoms with Gasteiger partial charge in [-0.3, -0.25) is 0 Å². The number of nitrogens with two attached hydrogens (primary N) is 1. The number of fused-ring (bicyclic) bond motifs is 1. The van der Waals surface area contributed by atoms with Gasteiger partial charge >= 0.3 is 0 Å². The van der Waals surface area contributed by atoms with Gasteiger partial charge in [-0.1, -0.05) is 12.1 Å². The molecule has 1 aromatic heterocycles. The van der Waals surface area contributed by atoms with Gasteiger partial charge in [-0.15, -0.1) is 0 Å². The molecule has 0 saturated heterocycles. The van der Waals surface area contributed by atoms with Gasteiger partial charge in [-0.05, 0) is 25.5 Å². The molecule has 94 valence electrons. The van der Waals surface area contributed by atoms with Crippen molar-refractivity contribution in [3.63, 3.8) is 0 Å². The number of rotatable bonds is 1. The molecule has 4 nitrogen and oxygen atoms in total. The van der Waals surface area contributed by atoms with Crippen molar-refractivity contribution < 1.29 is 4.74 Å². The highest BCUT2D eigenvalue weighted by Crippen LogP contribution is 2.42. The van der Waals surface area contributed by atoms with Gasteiger partial charge in [-0.2, -0.15) is 0 Å². The van der Waals surface area contributed by atoms with Crippen molar-refractivity contribution in [3.05, 3.63) is 30.1 Å². The monoisotopic (exact) mass is 243 g/mol. The summed E-state index contributed by atoms with van der Waals surface area (Å²) < 4.78 is 7.85. The standard InChI is InChI=1S/C14H17N3O/c1-14(2)7-9-5-4-6-10(12(9)18-14)11-13(15)17(3)8-16-11/h4-6,8H,7,15H2,1-3H3. The van der Waals surface area contributed by atoms with Crippen LogP contribution in [-0.4, -0.2) is 15.2 Å². The lowest BCUT2D eigenvalue weighted by atomic mass is 10.00. The molecule has 1 aromatic carbocycles. The Kier molecular flexibility index (Phi) is 2.17. The van der Waals surface area contributed by atoms with Gasteiger partial charge in [0.2, 0.25) is 0 Å². The van der Waals surface area contributed by atoms with Crippen molar-refractivity contribution in [1.29, 1.82) is 0 Å². The van der Waals surface area contributed by atoms with Crippen LogP contribution in [0.5, 0.6) is 5.75 Å². The SMILES string of the molecule is Cn1cnc(-c2cccc3c2OC(C)(C)C3)c1N. The first-order valence-electron chi connectivity index (χ1n) is 6.06. The number of imidazole rings is 1. The molecule has 18 heavy (non-hydrogen) atoms. The lowest BCUT2D eigenvalue weighted by Gasteiger charge is -2.18. The topological polar surface area (TPSA) is 53.1 Å². The minimum Gasteiger partial charge on any atom is -0.487 e. The van der Waals surface area contributed by atoms with Gasteiger partial charge in [0, 0.05) is 19.0 Å². The van der Waals surface area contributed by atoms with Crippen LogP contribution >= 0.6 is 0 Å². The highest BCUT2D eigenvalue weighted by Gasteiger charge is 2.32. The predicted molar refractivity (Wildman–Crippen MR) is 71.5 cm³/mol. The molecule has 1 aliphatic rings. The van der Waals surface area contributed by atoms with E-state index in [0.717, 1.165) is 23.4 Å². The molecule has 0 saturated carbocycles. The van der Waals surface area contributed by atoms with Crippen LogP contribution in [0.25, 0.3) is 11.3 Å². The number of ether oxygens (including phenoxy) is 1. The maximum Gasteiger partial charge on any atom is 0.133 e. The number of aryl methyl sites for hydroxylation is 1. The number of benzene rings is 1. The van der Waals surface area contributed by atoms with E-state index in [0.29, 0.717) is 5.82 Å². The third-order valence-electron chi connectivity index (χ3n) is 3.33. The summed E-state index contributed by atoms with van der Waals surface area (Å²) >= 11 is 0. The summed E-state index contributed by atoms with van der Waals surface area (Å²) in [6.45, 7) is 4.19. The van der Waals surface area contributed by atoms with E-state index in [9.17, 15) is 0 Å². The van der Waals surface area contributed by atoms with Crippen LogP contribution in [0.2, 0.25) is 0 Å². The molecule has 0 fully saturated rings. The first-order chi connectivity index (χ1) is 8.48. The normalized spacial score (nSPS) is 16.4. The average molecular weight is 243 g/mol. The van der Waals surface area contributed by atoms with Gasteiger partial charge < -0.3 is 15.0 Å². The van der Waals surface area contributed by atoms with Crippen molar-refractivity contribution in [2.24, 2.45) is 7.05 Å². The smallest absolute Gasteiger partial charge is 0.133 e. The van der Waals surface area contributed by atoms with E-state index in [1.54, 1.807) is 6.33 Å². The molecule has 0 amide bonds. The number of hydrogen-bond donors (Lipinski definition) is 1. The Labute approximate surface area is 106 Å². The van der Waals surface area contributed by atoms with E-state index in [2.05, 4.69) is 24.9 Å². The number of para-hydroxylation sites is 1. The number of hydrogen-bond acceptors (Lipinski definition) is 3. The zero-order valence-electron chi connectivity index (χ0n) is 10.9. The predicted octanol–water partition coefficient (Wildman–Crippen LogP) is 2.38. The molecular weight excluding hydrogens is 226 g/mol. The van der Waals surface area contributed by atoms with Crippen molar-refractivity contribution in [2.75, 3.05) is 5.73 Å². The Morgan fingerprint density at radius 1 is 1.39 bits per heavy atom. The largest absolute Gasteiger partial charge is 0.487 e. The zero-order valence-corrected chi connectivity index (χ0v) is 10.9. The molecule has 0 spiro atoms. The Balaban J connectivity index is 2.17. The highest BCUT2D eigenvalue weighted by molar-refractivity contribution is 5.77. The second-order valence-electron chi connectivity index (χ2n) is 5.42. The number of anilines is 1. The van der Waals surface area contributed by atoms with Gasteiger partial charge in [-0.25, -0.2) is 4.98 Å². The van der Waals surface area contributed by atoms with E-state index >= 15 is 0 Å². The second-order valence-corrected chi connectivity index (χ2v) is 5.42. The molecule has 0 atom stereocenters. The Hall–Kier alpha value is -1.97. The van der Waals surface area contributed by atoms with Crippen molar-refractivity contribution >= 4 is 5.82 Å². The summed E-state index contributed by atoms with van der Waals surface area (Å²) in [5, 5.41) is 0. The van der Waals surface area contributed by atoms with Crippen LogP contribution < -0.4 is 10.5 Å². The summed E-state index contributed by atoms with van der Waals surface area (Å²) in [5.41, 5.74) is 8.90. The minimum absolute atomic E-state index is 0.151. The number of nitrogen functional groups attached to an aromatic ring is 1. The van der Waals surface area contributed by atoms with E-state index < -0.39 is 0 Å². The molecule has 1 aliphatic heterocycles. The summed E-state index contributed by atoms with van der Waals surface area (Å²) in [4.78, 5) is 4.37. The molecule has 2 N–H and O–H groups in total. The first-order valence-corrected chi connectivity index (χ1v) is 6.06. The molecule has 3 rings (SSSR count). The molecule has 0 unspecified atom stereocenters. The third-order valence-corrected chi connectivity index (χ3v) is 3.33. The average Bonchev–Trinajstić information content (AvgIpc) is 2.78. The molecule has 0 aliphatic carbocycles. The van der Waals surface area contributed by atoms with E-state index in [1.165, 1.54) is 5.56 Å². The number of aromatic nitrogens is 2. The summed E-state index contributed by atoms with van der Waals surface area (Å²) in [5.74, 6) is 1.59. The van der Waals surface area contributed by atoms with Crippen LogP contribution in [0, 0.1) is 0 Å². The fourth-order valence-corrected chi connectivity index (χ4v) is 2.45. The Bertz CT molecular complexity index is 613. The van der Waals surface area contributed by atoms with Gasteiger partial charge in [0.1, 0.15) is 22.9 Å². The maximum absolute atomic E-state index is 6.04. The molecular formula is C14H17N3O. The van der Waals surface area contributed by atoms with Crippen molar-refractivity contribution in [1.82, 2.24) is 9.55 Å². The van der Waals surface area contributed by atoms with Crippen LogP contribution in [0.1, 0.15) is 19.4 Å². The van der Waals surface area contributed by atoms with Gasteiger partial charge in [0.05, 0.1) is 6.33 Å². The lowest BCUT2D eigenvalue weighted by Crippen LogP contribution is -2.24. The maximum atomic E-state index is 6.04. The molecule has 4 heteroatoms. The van der Waals surface area contributed by atoms with Crippen molar-refractivity contribution in [2.45, 2.75) is 25.9 Å². The quantitative estimate of drug-likeness (QED) is 0.836. The third kappa shape index (κ3) is 1.56. The van der Waals surface area contributed by atoms with E-state index in [4.69, 9.17) is 10.5 Å². The van der Waals surface area contributed by atoms with Gasteiger partial charge in [0.15, 0.2) is 0 Å². The summed E-state index contributed by atoms with van der Waals surface area (Å²) in [7, 11) is 1.89. The van der Waals surface area contributed by atoms with Crippen LogP contribution in [0.3, 0.4) is 0 Å². The molecule has 0 bridgehead atoms. The van der Waals surface area contributed by atoms with Gasteiger partial charge in [0.25, 0.3) is 0 Å². The van der Waals surface area contributed by atoms with E-state index in [1.807, 2.05) is 23.7 Å². The van der Waals surface area contributed by atoms with E-state index in [-0.39, 0.29) is 5.60 Å². The molecule has 2 aromatic rings. The zero-order chi connectivity index (χ0) is 12.9. The Morgan fingerprint density at radius 3 is 2.83 bits per heavy atom. The summed E-state index contributed by atoms with van der Waals surface area (Å²) in [6, 6.07) is 6.15. The lowest BCUT2D eigenvalue weighted by molar-refractivity contribution is 0.139. The Morgan fingerprint density at radius 2 is 2.17 bits per heavy atom. The number of nitrogens with zero attached hydrogens (tertiary/aromatic N) is 2. The molecule has 2 heterocycles. The minimum atomic E-state index is -0.151. The van der Waals surface area contributed by atoms with Crippen LogP contribution in [-0.2, 0) is 13.5 Å². The van der Waals surface area contributed by atoms with Crippen LogP contribution in [0.4, 0.5) is 5.82 Å². The summed E-state index contributed by atoms with van der Waals surface area (Å²) in [6.07, 6.45) is 2.65. The fraction of sp³-hybridized carbons (Fsp3) is 0.357.